The van der Waals surface area contributed by atoms with Crippen LogP contribution in [-0.2, 0) is 14.3 Å². The molecule has 32 heavy (non-hydrogen) atoms. The van der Waals surface area contributed by atoms with E-state index < -0.39 is 23.6 Å². The summed E-state index contributed by atoms with van der Waals surface area (Å²) in [6, 6.07) is 15.3. The molecular weight excluding hydrogens is 408 g/mol. The molecule has 0 aromatic heterocycles. The van der Waals surface area contributed by atoms with Crippen molar-refractivity contribution in [2.75, 3.05) is 13.2 Å². The van der Waals surface area contributed by atoms with Crippen LogP contribution in [0.15, 0.2) is 48.5 Å². The molecule has 7 nitrogen and oxygen atoms in total. The predicted octanol–water partition coefficient (Wildman–Crippen LogP) is 3.38. The zero-order valence-electron chi connectivity index (χ0n) is 17.9. The second-order valence-corrected chi connectivity index (χ2v) is 8.95. The van der Waals surface area contributed by atoms with Crippen LogP contribution in [0.3, 0.4) is 0 Å². The van der Waals surface area contributed by atoms with Crippen molar-refractivity contribution in [3.8, 4) is 11.1 Å². The first-order valence-corrected chi connectivity index (χ1v) is 11.1. The number of hydrogen-bond donors (Lipinski definition) is 2. The smallest absolute Gasteiger partial charge is 0.407 e. The summed E-state index contributed by atoms with van der Waals surface area (Å²) in [4.78, 5) is 38.7. The SMILES string of the molecule is C[C@@H](NC(=O)OCC1c2ccccc2-c2ccccc21)C(=O)N1CCCC2CC21C(=O)O. The summed E-state index contributed by atoms with van der Waals surface area (Å²) in [7, 11) is 0. The number of nitrogens with zero attached hydrogens (tertiary/aromatic N) is 1. The van der Waals surface area contributed by atoms with Gasteiger partial charge in [0.25, 0.3) is 0 Å². The van der Waals surface area contributed by atoms with Gasteiger partial charge in [0, 0.05) is 12.5 Å². The summed E-state index contributed by atoms with van der Waals surface area (Å²) in [6.07, 6.45) is 1.42. The molecule has 3 aliphatic rings. The molecule has 0 bridgehead atoms. The van der Waals surface area contributed by atoms with Crippen molar-refractivity contribution in [3.63, 3.8) is 0 Å². The Labute approximate surface area is 186 Å². The number of alkyl carbamates (subject to hydrolysis) is 1. The Morgan fingerprint density at radius 2 is 1.75 bits per heavy atom. The molecule has 2 N–H and O–H groups in total. The third-order valence-electron chi connectivity index (χ3n) is 7.17. The van der Waals surface area contributed by atoms with Crippen LogP contribution in [0.2, 0.25) is 0 Å². The third-order valence-corrected chi connectivity index (χ3v) is 7.17. The van der Waals surface area contributed by atoms with Gasteiger partial charge in [0.05, 0.1) is 0 Å². The summed E-state index contributed by atoms with van der Waals surface area (Å²) in [5.41, 5.74) is 3.42. The Morgan fingerprint density at radius 3 is 2.38 bits per heavy atom. The van der Waals surface area contributed by atoms with Crippen LogP contribution in [0.25, 0.3) is 11.1 Å². The molecule has 2 fully saturated rings. The third kappa shape index (κ3) is 3.15. The lowest BCUT2D eigenvalue weighted by Crippen LogP contribution is -2.56. The molecule has 1 saturated carbocycles. The standard InChI is InChI=1S/C25H26N2O5/c1-15(22(28)27-12-6-7-16-13-25(16,27)23(29)30)26-24(31)32-14-21-19-10-4-2-8-17(19)18-9-3-5-11-20(18)21/h2-5,8-11,15-16,21H,6-7,12-14H2,1H3,(H,26,31)(H,29,30)/t15-,16?,25?/m1/s1. The van der Waals surface area contributed by atoms with Crippen molar-refractivity contribution in [2.45, 2.75) is 43.7 Å². The van der Waals surface area contributed by atoms with Gasteiger partial charge in [-0.25, -0.2) is 9.59 Å². The number of carbonyl (C=O) groups excluding carboxylic acids is 2. The number of rotatable bonds is 5. The van der Waals surface area contributed by atoms with Crippen molar-refractivity contribution in [1.82, 2.24) is 10.2 Å². The number of amides is 2. The second-order valence-electron chi connectivity index (χ2n) is 8.95. The summed E-state index contributed by atoms with van der Waals surface area (Å²) in [6.45, 7) is 2.13. The topological polar surface area (TPSA) is 95.9 Å². The van der Waals surface area contributed by atoms with Crippen LogP contribution in [0.5, 0.6) is 0 Å². The van der Waals surface area contributed by atoms with E-state index in [2.05, 4.69) is 17.4 Å². The number of aliphatic carboxylic acids is 1. The van der Waals surface area contributed by atoms with E-state index in [0.717, 1.165) is 35.1 Å². The van der Waals surface area contributed by atoms with Gasteiger partial charge in [0.2, 0.25) is 5.91 Å². The fourth-order valence-corrected chi connectivity index (χ4v) is 5.48. The molecule has 2 aromatic carbocycles. The average molecular weight is 434 g/mol. The molecule has 2 unspecified atom stereocenters. The number of hydrogen-bond acceptors (Lipinski definition) is 4. The van der Waals surface area contributed by atoms with Crippen LogP contribution in [0, 0.1) is 5.92 Å². The highest BCUT2D eigenvalue weighted by atomic mass is 16.5. The van der Waals surface area contributed by atoms with Gasteiger partial charge in [-0.05, 0) is 54.4 Å². The summed E-state index contributed by atoms with van der Waals surface area (Å²) >= 11 is 0. The minimum Gasteiger partial charge on any atom is -0.479 e. The predicted molar refractivity (Wildman–Crippen MR) is 117 cm³/mol. The van der Waals surface area contributed by atoms with E-state index in [1.54, 1.807) is 6.92 Å². The highest BCUT2D eigenvalue weighted by Crippen LogP contribution is 2.54. The molecule has 1 saturated heterocycles. The molecule has 0 radical (unpaired) electrons. The number of fused-ring (bicyclic) bond motifs is 4. The fraction of sp³-hybridized carbons (Fsp3) is 0.400. The Kier molecular flexibility index (Phi) is 4.92. The van der Waals surface area contributed by atoms with E-state index in [9.17, 15) is 19.5 Å². The maximum Gasteiger partial charge on any atom is 0.407 e. The zero-order chi connectivity index (χ0) is 22.5. The number of carbonyl (C=O) groups is 3. The number of ether oxygens (including phenoxy) is 1. The molecule has 3 atom stereocenters. The van der Waals surface area contributed by atoms with Gasteiger partial charge in [-0.15, -0.1) is 0 Å². The van der Waals surface area contributed by atoms with E-state index in [-0.39, 0.29) is 24.3 Å². The Bertz CT molecular complexity index is 1050. The summed E-state index contributed by atoms with van der Waals surface area (Å²) in [5, 5.41) is 12.3. The van der Waals surface area contributed by atoms with Crippen LogP contribution in [-0.4, -0.2) is 52.7 Å². The summed E-state index contributed by atoms with van der Waals surface area (Å²) in [5.74, 6) is -1.38. The van der Waals surface area contributed by atoms with E-state index in [4.69, 9.17) is 4.74 Å². The normalized spacial score (nSPS) is 24.0. The maximum atomic E-state index is 13.0. The van der Waals surface area contributed by atoms with Crippen LogP contribution < -0.4 is 5.32 Å². The molecule has 0 spiro atoms. The van der Waals surface area contributed by atoms with Gasteiger partial charge in [0.15, 0.2) is 0 Å². The van der Waals surface area contributed by atoms with Gasteiger partial charge in [0.1, 0.15) is 18.2 Å². The van der Waals surface area contributed by atoms with Crippen LogP contribution >= 0.6 is 0 Å². The molecule has 166 valence electrons. The highest BCUT2D eigenvalue weighted by molar-refractivity contribution is 5.93. The first kappa shape index (κ1) is 20.5. The first-order valence-electron chi connectivity index (χ1n) is 11.1. The van der Waals surface area contributed by atoms with Gasteiger partial charge in [-0.1, -0.05) is 48.5 Å². The van der Waals surface area contributed by atoms with Crippen molar-refractivity contribution in [2.24, 2.45) is 5.92 Å². The monoisotopic (exact) mass is 434 g/mol. The molecule has 5 rings (SSSR count). The summed E-state index contributed by atoms with van der Waals surface area (Å²) < 4.78 is 5.52. The lowest BCUT2D eigenvalue weighted by molar-refractivity contribution is -0.155. The van der Waals surface area contributed by atoms with Crippen molar-refractivity contribution >= 4 is 18.0 Å². The fourth-order valence-electron chi connectivity index (χ4n) is 5.48. The first-order chi connectivity index (χ1) is 15.4. The minimum atomic E-state index is -1.09. The molecule has 2 amide bonds. The number of carboxylic acid groups (broad SMARTS) is 1. The number of carboxylic acids is 1. The maximum absolute atomic E-state index is 13.0. The Hall–Kier alpha value is -3.35. The van der Waals surface area contributed by atoms with Gasteiger partial charge >= 0.3 is 12.1 Å². The van der Waals surface area contributed by atoms with E-state index in [1.807, 2.05) is 36.4 Å². The van der Waals surface area contributed by atoms with E-state index in [1.165, 1.54) is 4.90 Å². The Morgan fingerprint density at radius 1 is 1.12 bits per heavy atom. The molecular formula is C25H26N2O5. The van der Waals surface area contributed by atoms with Crippen molar-refractivity contribution in [3.05, 3.63) is 59.7 Å². The van der Waals surface area contributed by atoms with Crippen LogP contribution in [0.1, 0.15) is 43.2 Å². The minimum absolute atomic E-state index is 0.0133. The molecule has 2 aliphatic carbocycles. The molecule has 1 heterocycles. The quantitative estimate of drug-likeness (QED) is 0.752. The number of piperidine rings is 1. The average Bonchev–Trinajstić information content (AvgIpc) is 3.48. The molecule has 1 aliphatic heterocycles. The largest absolute Gasteiger partial charge is 0.479 e. The van der Waals surface area contributed by atoms with E-state index >= 15 is 0 Å². The van der Waals surface area contributed by atoms with Crippen LogP contribution in [0.4, 0.5) is 4.79 Å². The molecule has 7 heteroatoms. The lowest BCUT2D eigenvalue weighted by Gasteiger charge is -2.35. The Balaban J connectivity index is 1.23. The van der Waals surface area contributed by atoms with Gasteiger partial charge < -0.3 is 20.1 Å². The second kappa shape index (κ2) is 7.65. The van der Waals surface area contributed by atoms with Crippen molar-refractivity contribution < 1.29 is 24.2 Å². The highest BCUT2D eigenvalue weighted by Gasteiger charge is 2.67. The molecule has 2 aromatic rings. The zero-order valence-corrected chi connectivity index (χ0v) is 17.9. The number of likely N-dealkylation sites (tertiary alicyclic amines) is 1. The van der Waals surface area contributed by atoms with Crippen molar-refractivity contribution in [1.29, 1.82) is 0 Å². The van der Waals surface area contributed by atoms with Gasteiger partial charge in [-0.2, -0.15) is 0 Å². The lowest BCUT2D eigenvalue weighted by atomic mass is 9.98. The van der Waals surface area contributed by atoms with Gasteiger partial charge in [-0.3, -0.25) is 4.79 Å². The van der Waals surface area contributed by atoms with E-state index in [0.29, 0.717) is 13.0 Å². The number of benzene rings is 2. The number of nitrogens with one attached hydrogen (secondary N) is 1.